The summed E-state index contributed by atoms with van der Waals surface area (Å²) in [5, 5.41) is 3.28. The molecule has 0 atom stereocenters. The number of aromatic nitrogens is 2. The topological polar surface area (TPSA) is 60.9 Å². The Labute approximate surface area is 67.0 Å². The Morgan fingerprint density at radius 2 is 2.42 bits per heavy atom. The zero-order valence-electron chi connectivity index (χ0n) is 6.08. The van der Waals surface area contributed by atoms with Gasteiger partial charge in [0.1, 0.15) is 5.69 Å². The van der Waals surface area contributed by atoms with Crippen molar-refractivity contribution in [2.45, 2.75) is 6.55 Å². The minimum absolute atomic E-state index is 0.160. The summed E-state index contributed by atoms with van der Waals surface area (Å²) in [7, 11) is 0. The van der Waals surface area contributed by atoms with Gasteiger partial charge in [-0.3, -0.25) is 4.79 Å². The second-order valence-electron chi connectivity index (χ2n) is 2.07. The molecule has 0 aromatic carbocycles. The molecule has 6 heteroatoms. The Bertz CT molecular complexity index is 284. The normalized spacial score (nSPS) is 10.7. The first-order valence-corrected chi connectivity index (χ1v) is 3.21. The Kier molecular flexibility index (Phi) is 2.49. The first-order chi connectivity index (χ1) is 5.66. The smallest absolute Gasteiger partial charge is 0.324 e. The van der Waals surface area contributed by atoms with Gasteiger partial charge in [-0.25, -0.2) is 4.68 Å². The highest BCUT2D eigenvalue weighted by Crippen LogP contribution is 2.11. The maximum atomic E-state index is 12.1. The van der Waals surface area contributed by atoms with Crippen LogP contribution >= 0.6 is 0 Å². The predicted molar refractivity (Wildman–Crippen MR) is 36.9 cm³/mol. The number of hydrogen-bond acceptors (Lipinski definition) is 3. The summed E-state index contributed by atoms with van der Waals surface area (Å²) in [5.41, 5.74) is 4.84. The van der Waals surface area contributed by atoms with Crippen molar-refractivity contribution < 1.29 is 13.6 Å². The van der Waals surface area contributed by atoms with Crippen molar-refractivity contribution in [3.63, 3.8) is 0 Å². The van der Waals surface area contributed by atoms with Crippen LogP contribution in [0.1, 0.15) is 17.0 Å². The number of Topliss-reactive ketones (excluding diaryl/α,β-unsaturated/α-hetero) is 1. The molecule has 1 aromatic rings. The maximum absolute atomic E-state index is 12.1. The molecule has 4 nitrogen and oxygen atoms in total. The molecule has 0 saturated carbocycles. The number of carbonyl (C=O) groups is 1. The Morgan fingerprint density at radius 1 is 1.75 bits per heavy atom. The van der Waals surface area contributed by atoms with Crippen LogP contribution in [0.25, 0.3) is 0 Å². The van der Waals surface area contributed by atoms with Gasteiger partial charge in [-0.1, -0.05) is 0 Å². The third kappa shape index (κ3) is 1.48. The molecule has 0 aliphatic rings. The summed E-state index contributed by atoms with van der Waals surface area (Å²) in [5.74, 6) is -0.548. The van der Waals surface area contributed by atoms with Crippen LogP contribution in [-0.4, -0.2) is 22.1 Å². The Balaban J connectivity index is 2.99. The van der Waals surface area contributed by atoms with Gasteiger partial charge in [-0.2, -0.15) is 13.9 Å². The fraction of sp³-hybridized carbons (Fsp3) is 0.333. The highest BCUT2D eigenvalue weighted by Gasteiger charge is 2.15. The minimum atomic E-state index is -2.80. The number of ketones is 1. The van der Waals surface area contributed by atoms with Gasteiger partial charge in [0.25, 0.3) is 0 Å². The van der Waals surface area contributed by atoms with Crippen LogP contribution in [0.3, 0.4) is 0 Å². The van der Waals surface area contributed by atoms with Gasteiger partial charge in [-0.05, 0) is 6.07 Å². The Hall–Kier alpha value is -1.30. The number of carbonyl (C=O) groups excluding carboxylic acids is 1. The molecular weight excluding hydrogens is 168 g/mol. The number of nitrogens with two attached hydrogens (primary N) is 1. The number of hydrogen-bond donors (Lipinski definition) is 1. The second-order valence-corrected chi connectivity index (χ2v) is 2.07. The van der Waals surface area contributed by atoms with Crippen LogP contribution in [-0.2, 0) is 0 Å². The van der Waals surface area contributed by atoms with Gasteiger partial charge in [0.2, 0.25) is 0 Å². The molecule has 1 rings (SSSR count). The van der Waals surface area contributed by atoms with E-state index in [4.69, 9.17) is 5.73 Å². The van der Waals surface area contributed by atoms with Gasteiger partial charge in [-0.15, -0.1) is 0 Å². The van der Waals surface area contributed by atoms with E-state index in [0.29, 0.717) is 4.68 Å². The molecule has 2 N–H and O–H groups in total. The first-order valence-electron chi connectivity index (χ1n) is 3.21. The number of rotatable bonds is 3. The highest BCUT2D eigenvalue weighted by molar-refractivity contribution is 5.95. The molecule has 0 bridgehead atoms. The summed E-state index contributed by atoms with van der Waals surface area (Å²) in [6.07, 6.45) is 1.13. The van der Waals surface area contributed by atoms with Crippen LogP contribution in [0, 0.1) is 0 Å². The van der Waals surface area contributed by atoms with Gasteiger partial charge in [0.15, 0.2) is 5.78 Å². The summed E-state index contributed by atoms with van der Waals surface area (Å²) < 4.78 is 24.5. The van der Waals surface area contributed by atoms with Crippen LogP contribution in [0.4, 0.5) is 8.78 Å². The van der Waals surface area contributed by atoms with E-state index in [9.17, 15) is 13.6 Å². The fourth-order valence-electron chi connectivity index (χ4n) is 0.795. The molecular formula is C6H7F2N3O. The number of nitrogens with zero attached hydrogens (tertiary/aromatic N) is 2. The zero-order valence-corrected chi connectivity index (χ0v) is 6.08. The average Bonchev–Trinajstić information content (AvgIpc) is 2.50. The molecule has 66 valence electrons. The number of halogens is 2. The second kappa shape index (κ2) is 3.40. The standard InChI is InChI=1S/C6H7F2N3O/c7-6(8)11-4(1-2-10-11)5(12)3-9/h1-2,6H,3,9H2. The summed E-state index contributed by atoms with van der Waals surface area (Å²) in [6.45, 7) is -3.09. The van der Waals surface area contributed by atoms with Crippen LogP contribution in [0.5, 0.6) is 0 Å². The van der Waals surface area contributed by atoms with Gasteiger partial charge in [0.05, 0.1) is 6.54 Å². The van der Waals surface area contributed by atoms with E-state index >= 15 is 0 Å². The van der Waals surface area contributed by atoms with Crippen molar-refractivity contribution in [1.29, 1.82) is 0 Å². The molecule has 0 aliphatic carbocycles. The summed E-state index contributed by atoms with van der Waals surface area (Å²) in [6, 6.07) is 1.21. The molecule has 0 spiro atoms. The van der Waals surface area contributed by atoms with E-state index in [0.717, 1.165) is 6.20 Å². The van der Waals surface area contributed by atoms with Crippen LogP contribution in [0.2, 0.25) is 0 Å². The Morgan fingerprint density at radius 3 is 2.92 bits per heavy atom. The van der Waals surface area contributed by atoms with Crippen LogP contribution in [0.15, 0.2) is 12.3 Å². The van der Waals surface area contributed by atoms with Crippen molar-refractivity contribution in [2.75, 3.05) is 6.54 Å². The van der Waals surface area contributed by atoms with Gasteiger partial charge >= 0.3 is 6.55 Å². The SMILES string of the molecule is NCC(=O)c1ccnn1C(F)F. The molecule has 0 aliphatic heterocycles. The molecule has 0 fully saturated rings. The van der Waals surface area contributed by atoms with E-state index in [-0.39, 0.29) is 12.2 Å². The largest absolute Gasteiger partial charge is 0.333 e. The quantitative estimate of drug-likeness (QED) is 0.677. The monoisotopic (exact) mass is 175 g/mol. The fourth-order valence-corrected chi connectivity index (χ4v) is 0.795. The lowest BCUT2D eigenvalue weighted by Gasteiger charge is -2.02. The lowest BCUT2D eigenvalue weighted by Crippen LogP contribution is -2.18. The first kappa shape index (κ1) is 8.79. The molecule has 0 saturated heterocycles. The third-order valence-electron chi connectivity index (χ3n) is 1.33. The maximum Gasteiger partial charge on any atom is 0.333 e. The van der Waals surface area contributed by atoms with Crippen molar-refractivity contribution >= 4 is 5.78 Å². The van der Waals surface area contributed by atoms with Crippen molar-refractivity contribution in [1.82, 2.24) is 9.78 Å². The van der Waals surface area contributed by atoms with E-state index in [1.165, 1.54) is 6.07 Å². The molecule has 1 heterocycles. The van der Waals surface area contributed by atoms with E-state index in [1.54, 1.807) is 0 Å². The van der Waals surface area contributed by atoms with Gasteiger partial charge < -0.3 is 5.73 Å². The average molecular weight is 175 g/mol. The summed E-state index contributed by atoms with van der Waals surface area (Å²) >= 11 is 0. The zero-order chi connectivity index (χ0) is 9.14. The van der Waals surface area contributed by atoms with Gasteiger partial charge in [0, 0.05) is 6.20 Å². The molecule has 1 aromatic heterocycles. The van der Waals surface area contributed by atoms with Crippen molar-refractivity contribution in [3.05, 3.63) is 18.0 Å². The molecule has 0 amide bonds. The molecule has 0 radical (unpaired) electrons. The van der Waals surface area contributed by atoms with E-state index in [2.05, 4.69) is 5.10 Å². The lowest BCUT2D eigenvalue weighted by molar-refractivity contribution is 0.0517. The van der Waals surface area contributed by atoms with Crippen molar-refractivity contribution in [3.8, 4) is 0 Å². The molecule has 0 unspecified atom stereocenters. The highest BCUT2D eigenvalue weighted by atomic mass is 19.3. The van der Waals surface area contributed by atoms with Crippen molar-refractivity contribution in [2.24, 2.45) is 5.73 Å². The summed E-state index contributed by atoms with van der Waals surface area (Å²) in [4.78, 5) is 10.9. The number of alkyl halides is 2. The predicted octanol–water partition coefficient (Wildman–Crippen LogP) is 0.420. The van der Waals surface area contributed by atoms with E-state index < -0.39 is 12.3 Å². The lowest BCUT2D eigenvalue weighted by atomic mass is 10.3. The van der Waals surface area contributed by atoms with E-state index in [1.807, 2.05) is 0 Å². The molecule has 12 heavy (non-hydrogen) atoms. The minimum Gasteiger partial charge on any atom is -0.324 e. The third-order valence-corrected chi connectivity index (χ3v) is 1.33. The van der Waals surface area contributed by atoms with Crippen LogP contribution < -0.4 is 5.73 Å².